The molecule has 0 unspecified atom stereocenters. The standard InChI is InChI=1S/C13H13NO3/c1-8-3-4-9(10(14)7-8)11-5-6-12(17-11)13(15)16-2/h3-7H,14H2,1-2H3. The molecule has 0 amide bonds. The molecule has 0 aliphatic heterocycles. The third-order valence-corrected chi connectivity index (χ3v) is 2.47. The molecule has 0 radical (unpaired) electrons. The van der Waals surface area contributed by atoms with Crippen molar-refractivity contribution in [3.05, 3.63) is 41.7 Å². The molecule has 0 saturated heterocycles. The number of nitrogens with two attached hydrogens (primary N) is 1. The highest BCUT2D eigenvalue weighted by atomic mass is 16.5. The maximum Gasteiger partial charge on any atom is 0.373 e. The Hall–Kier alpha value is -2.23. The summed E-state index contributed by atoms with van der Waals surface area (Å²) in [5.41, 5.74) is 8.36. The van der Waals surface area contributed by atoms with Crippen LogP contribution in [0.1, 0.15) is 16.1 Å². The van der Waals surface area contributed by atoms with Crippen LogP contribution < -0.4 is 5.73 Å². The summed E-state index contributed by atoms with van der Waals surface area (Å²) in [4.78, 5) is 11.2. The summed E-state index contributed by atoms with van der Waals surface area (Å²) in [5, 5.41) is 0. The summed E-state index contributed by atoms with van der Waals surface area (Å²) in [6, 6.07) is 8.93. The Bertz CT molecular complexity index is 558. The van der Waals surface area contributed by atoms with Crippen LogP contribution in [0.4, 0.5) is 5.69 Å². The first-order valence-electron chi connectivity index (χ1n) is 5.16. The summed E-state index contributed by atoms with van der Waals surface area (Å²) in [5.74, 6) is 0.229. The molecule has 0 saturated carbocycles. The van der Waals surface area contributed by atoms with E-state index in [-0.39, 0.29) is 5.76 Å². The summed E-state index contributed by atoms with van der Waals surface area (Å²) in [6.07, 6.45) is 0. The third kappa shape index (κ3) is 2.15. The Morgan fingerprint density at radius 3 is 2.71 bits per heavy atom. The fraction of sp³-hybridized carbons (Fsp3) is 0.154. The second-order valence-corrected chi connectivity index (χ2v) is 3.75. The van der Waals surface area contributed by atoms with Gasteiger partial charge in [0.15, 0.2) is 0 Å². The number of ether oxygens (including phenoxy) is 1. The van der Waals surface area contributed by atoms with E-state index in [0.29, 0.717) is 11.4 Å². The van der Waals surface area contributed by atoms with Gasteiger partial charge in [-0.15, -0.1) is 0 Å². The lowest BCUT2D eigenvalue weighted by Gasteiger charge is -2.03. The van der Waals surface area contributed by atoms with Crippen LogP contribution in [0.15, 0.2) is 34.7 Å². The van der Waals surface area contributed by atoms with Crippen molar-refractivity contribution in [2.75, 3.05) is 12.8 Å². The first kappa shape index (κ1) is 11.3. The van der Waals surface area contributed by atoms with Crippen molar-refractivity contribution in [1.82, 2.24) is 0 Å². The molecule has 88 valence electrons. The molecule has 2 N–H and O–H groups in total. The van der Waals surface area contributed by atoms with E-state index in [1.165, 1.54) is 7.11 Å². The smallest absolute Gasteiger partial charge is 0.373 e. The van der Waals surface area contributed by atoms with Gasteiger partial charge in [0.1, 0.15) is 5.76 Å². The van der Waals surface area contributed by atoms with Gasteiger partial charge in [-0.3, -0.25) is 0 Å². The predicted octanol–water partition coefficient (Wildman–Crippen LogP) is 2.62. The lowest BCUT2D eigenvalue weighted by atomic mass is 10.1. The number of aryl methyl sites for hydroxylation is 1. The topological polar surface area (TPSA) is 65.5 Å². The molecule has 0 atom stereocenters. The van der Waals surface area contributed by atoms with Crippen molar-refractivity contribution in [3.63, 3.8) is 0 Å². The number of nitrogen functional groups attached to an aromatic ring is 1. The molecule has 1 heterocycles. The van der Waals surface area contributed by atoms with E-state index in [1.54, 1.807) is 12.1 Å². The minimum atomic E-state index is -0.498. The van der Waals surface area contributed by atoms with Crippen LogP contribution in [0.25, 0.3) is 11.3 Å². The number of carbonyl (C=O) groups is 1. The highest BCUT2D eigenvalue weighted by Crippen LogP contribution is 2.28. The molecule has 2 rings (SSSR count). The second kappa shape index (κ2) is 4.33. The molecule has 0 aliphatic carbocycles. The molecule has 2 aromatic rings. The van der Waals surface area contributed by atoms with Gasteiger partial charge < -0.3 is 14.9 Å². The highest BCUT2D eigenvalue weighted by molar-refractivity contribution is 5.87. The van der Waals surface area contributed by atoms with Crippen LogP contribution in [-0.2, 0) is 4.74 Å². The van der Waals surface area contributed by atoms with Gasteiger partial charge in [-0.2, -0.15) is 0 Å². The lowest BCUT2D eigenvalue weighted by molar-refractivity contribution is 0.0566. The summed E-state index contributed by atoms with van der Waals surface area (Å²) < 4.78 is 9.96. The van der Waals surface area contributed by atoms with Gasteiger partial charge in [-0.05, 0) is 36.8 Å². The number of hydrogen-bond acceptors (Lipinski definition) is 4. The molecular weight excluding hydrogens is 218 g/mol. The van der Waals surface area contributed by atoms with Crippen molar-refractivity contribution >= 4 is 11.7 Å². The Kier molecular flexibility index (Phi) is 2.87. The molecule has 17 heavy (non-hydrogen) atoms. The van der Waals surface area contributed by atoms with Crippen LogP contribution in [0, 0.1) is 6.92 Å². The Labute approximate surface area is 99.0 Å². The van der Waals surface area contributed by atoms with Crippen LogP contribution in [0.3, 0.4) is 0 Å². The van der Waals surface area contributed by atoms with Gasteiger partial charge in [-0.1, -0.05) is 6.07 Å². The van der Waals surface area contributed by atoms with Gasteiger partial charge in [0.2, 0.25) is 5.76 Å². The highest BCUT2D eigenvalue weighted by Gasteiger charge is 2.13. The molecule has 0 bridgehead atoms. The SMILES string of the molecule is COC(=O)c1ccc(-c2ccc(C)cc2N)o1. The van der Waals surface area contributed by atoms with E-state index in [0.717, 1.165) is 11.1 Å². The molecule has 0 spiro atoms. The van der Waals surface area contributed by atoms with Gasteiger partial charge in [0, 0.05) is 11.3 Å². The van der Waals surface area contributed by atoms with Crippen LogP contribution in [-0.4, -0.2) is 13.1 Å². The zero-order valence-corrected chi connectivity index (χ0v) is 9.69. The maximum absolute atomic E-state index is 11.2. The molecule has 4 heteroatoms. The van der Waals surface area contributed by atoms with Crippen LogP contribution >= 0.6 is 0 Å². The molecule has 0 aliphatic rings. The number of carbonyl (C=O) groups excluding carboxylic acids is 1. The van der Waals surface area contributed by atoms with Gasteiger partial charge in [0.25, 0.3) is 0 Å². The monoisotopic (exact) mass is 231 g/mol. The third-order valence-electron chi connectivity index (χ3n) is 2.47. The maximum atomic E-state index is 11.2. The average molecular weight is 231 g/mol. The largest absolute Gasteiger partial charge is 0.463 e. The van der Waals surface area contributed by atoms with E-state index in [4.69, 9.17) is 10.2 Å². The predicted molar refractivity (Wildman–Crippen MR) is 64.6 cm³/mol. The first-order chi connectivity index (χ1) is 8.11. The van der Waals surface area contributed by atoms with E-state index in [2.05, 4.69) is 4.74 Å². The summed E-state index contributed by atoms with van der Waals surface area (Å²) >= 11 is 0. The molecule has 1 aromatic heterocycles. The number of furan rings is 1. The van der Waals surface area contributed by atoms with Crippen molar-refractivity contribution in [1.29, 1.82) is 0 Å². The first-order valence-corrected chi connectivity index (χ1v) is 5.16. The van der Waals surface area contributed by atoms with Crippen molar-refractivity contribution in [2.45, 2.75) is 6.92 Å². The molecule has 0 fully saturated rings. The minimum absolute atomic E-state index is 0.169. The molecule has 4 nitrogen and oxygen atoms in total. The van der Waals surface area contributed by atoms with E-state index in [1.807, 2.05) is 25.1 Å². The van der Waals surface area contributed by atoms with E-state index < -0.39 is 5.97 Å². The van der Waals surface area contributed by atoms with E-state index in [9.17, 15) is 4.79 Å². The number of methoxy groups -OCH3 is 1. The minimum Gasteiger partial charge on any atom is -0.463 e. The Balaban J connectivity index is 2.40. The lowest BCUT2D eigenvalue weighted by Crippen LogP contribution is -1.98. The van der Waals surface area contributed by atoms with Gasteiger partial charge in [0.05, 0.1) is 7.11 Å². The normalized spacial score (nSPS) is 10.2. The zero-order valence-electron chi connectivity index (χ0n) is 9.69. The number of hydrogen-bond donors (Lipinski definition) is 1. The van der Waals surface area contributed by atoms with Crippen molar-refractivity contribution in [3.8, 4) is 11.3 Å². The quantitative estimate of drug-likeness (QED) is 0.637. The number of esters is 1. The average Bonchev–Trinajstić information content (AvgIpc) is 2.77. The van der Waals surface area contributed by atoms with Crippen molar-refractivity contribution in [2.24, 2.45) is 0 Å². The van der Waals surface area contributed by atoms with E-state index >= 15 is 0 Å². The number of benzene rings is 1. The fourth-order valence-electron chi connectivity index (χ4n) is 1.60. The number of anilines is 1. The Morgan fingerprint density at radius 1 is 1.29 bits per heavy atom. The molecular formula is C13H13NO3. The van der Waals surface area contributed by atoms with Crippen molar-refractivity contribution < 1.29 is 13.9 Å². The second-order valence-electron chi connectivity index (χ2n) is 3.75. The zero-order chi connectivity index (χ0) is 12.4. The molecule has 1 aromatic carbocycles. The van der Waals surface area contributed by atoms with Gasteiger partial charge in [-0.25, -0.2) is 4.79 Å². The summed E-state index contributed by atoms with van der Waals surface area (Å²) in [7, 11) is 1.31. The fourth-order valence-corrected chi connectivity index (χ4v) is 1.60. The van der Waals surface area contributed by atoms with Gasteiger partial charge >= 0.3 is 5.97 Å². The van der Waals surface area contributed by atoms with Crippen LogP contribution in [0.2, 0.25) is 0 Å². The summed E-state index contributed by atoms with van der Waals surface area (Å²) in [6.45, 7) is 1.96. The number of rotatable bonds is 2. The Morgan fingerprint density at radius 2 is 2.06 bits per heavy atom. The van der Waals surface area contributed by atoms with Crippen LogP contribution in [0.5, 0.6) is 0 Å².